The lowest BCUT2D eigenvalue weighted by Gasteiger charge is -2.03. The van der Waals surface area contributed by atoms with Crippen LogP contribution in [0.4, 0.5) is 0 Å². The summed E-state index contributed by atoms with van der Waals surface area (Å²) in [6.07, 6.45) is 1.82. The Kier molecular flexibility index (Phi) is 3.21. The fourth-order valence-corrected chi connectivity index (χ4v) is 2.23. The van der Waals surface area contributed by atoms with Crippen LogP contribution < -0.4 is 0 Å². The first kappa shape index (κ1) is 12.4. The molecule has 0 saturated heterocycles. The third-order valence-electron chi connectivity index (χ3n) is 3.07. The van der Waals surface area contributed by atoms with Gasteiger partial charge in [0.05, 0.1) is 12.1 Å². The lowest BCUT2D eigenvalue weighted by molar-refractivity contribution is 0.0520. The second kappa shape index (κ2) is 5.17. The van der Waals surface area contributed by atoms with Gasteiger partial charge in [-0.1, -0.05) is 36.4 Å². The SMILES string of the molecule is CCOC(=O)c1nn2ccccc2c1-c1ccccc1. The van der Waals surface area contributed by atoms with Crippen LogP contribution in [0.3, 0.4) is 0 Å². The highest BCUT2D eigenvalue weighted by Gasteiger charge is 2.21. The van der Waals surface area contributed by atoms with Gasteiger partial charge in [-0.2, -0.15) is 5.10 Å². The van der Waals surface area contributed by atoms with Crippen molar-refractivity contribution >= 4 is 11.5 Å². The molecular formula is C16H14N2O2. The average Bonchev–Trinajstić information content (AvgIpc) is 2.88. The van der Waals surface area contributed by atoms with Crippen molar-refractivity contribution in [3.05, 3.63) is 60.4 Å². The fraction of sp³-hybridized carbons (Fsp3) is 0.125. The van der Waals surface area contributed by atoms with Crippen molar-refractivity contribution in [1.29, 1.82) is 0 Å². The minimum atomic E-state index is -0.393. The van der Waals surface area contributed by atoms with Crippen LogP contribution >= 0.6 is 0 Å². The standard InChI is InChI=1S/C16H14N2O2/c1-2-20-16(19)15-14(12-8-4-3-5-9-12)13-10-6-7-11-18(13)17-15/h3-11H,2H2,1H3. The van der Waals surface area contributed by atoms with Crippen LogP contribution in [-0.2, 0) is 4.74 Å². The molecule has 3 rings (SSSR count). The molecule has 0 N–H and O–H groups in total. The number of aromatic nitrogens is 2. The minimum Gasteiger partial charge on any atom is -0.461 e. The molecule has 0 aliphatic heterocycles. The number of fused-ring (bicyclic) bond motifs is 1. The van der Waals surface area contributed by atoms with Crippen molar-refractivity contribution in [3.63, 3.8) is 0 Å². The summed E-state index contributed by atoms with van der Waals surface area (Å²) in [5, 5.41) is 4.35. The predicted octanol–water partition coefficient (Wildman–Crippen LogP) is 3.18. The van der Waals surface area contributed by atoms with Crippen molar-refractivity contribution in [2.45, 2.75) is 6.92 Å². The maximum Gasteiger partial charge on any atom is 0.359 e. The van der Waals surface area contributed by atoms with Crippen molar-refractivity contribution in [1.82, 2.24) is 9.61 Å². The zero-order valence-electron chi connectivity index (χ0n) is 11.1. The maximum atomic E-state index is 12.1. The molecule has 4 nitrogen and oxygen atoms in total. The Morgan fingerprint density at radius 3 is 2.65 bits per heavy atom. The second-order valence-corrected chi connectivity index (χ2v) is 4.34. The molecule has 4 heteroatoms. The molecule has 3 aromatic rings. The van der Waals surface area contributed by atoms with E-state index in [0.717, 1.165) is 16.6 Å². The normalized spacial score (nSPS) is 10.7. The number of esters is 1. The summed E-state index contributed by atoms with van der Waals surface area (Å²) in [5.41, 5.74) is 3.01. The van der Waals surface area contributed by atoms with Crippen LogP contribution in [0, 0.1) is 0 Å². The average molecular weight is 266 g/mol. The van der Waals surface area contributed by atoms with Gasteiger partial charge in [0, 0.05) is 11.8 Å². The van der Waals surface area contributed by atoms with Crippen molar-refractivity contribution in [3.8, 4) is 11.1 Å². The van der Waals surface area contributed by atoms with E-state index in [4.69, 9.17) is 4.74 Å². The number of hydrogen-bond donors (Lipinski definition) is 0. The molecule has 0 spiro atoms. The molecule has 0 fully saturated rings. The molecule has 1 aromatic carbocycles. The number of carbonyl (C=O) groups excluding carboxylic acids is 1. The van der Waals surface area contributed by atoms with E-state index in [1.165, 1.54) is 0 Å². The van der Waals surface area contributed by atoms with Crippen LogP contribution in [0.5, 0.6) is 0 Å². The maximum absolute atomic E-state index is 12.1. The summed E-state index contributed by atoms with van der Waals surface area (Å²) in [7, 11) is 0. The van der Waals surface area contributed by atoms with Gasteiger partial charge in [0.2, 0.25) is 0 Å². The zero-order chi connectivity index (χ0) is 13.9. The third kappa shape index (κ3) is 2.05. The molecule has 20 heavy (non-hydrogen) atoms. The van der Waals surface area contributed by atoms with Gasteiger partial charge in [-0.15, -0.1) is 0 Å². The molecule has 0 atom stereocenters. The van der Waals surface area contributed by atoms with Crippen LogP contribution in [-0.4, -0.2) is 22.2 Å². The molecule has 0 radical (unpaired) electrons. The first-order valence-corrected chi connectivity index (χ1v) is 6.51. The Bertz CT molecular complexity index is 748. The molecule has 2 aromatic heterocycles. The number of ether oxygens (including phenoxy) is 1. The Morgan fingerprint density at radius 1 is 1.15 bits per heavy atom. The summed E-state index contributed by atoms with van der Waals surface area (Å²) in [6, 6.07) is 15.5. The van der Waals surface area contributed by atoms with E-state index in [1.54, 1.807) is 11.4 Å². The Morgan fingerprint density at radius 2 is 1.90 bits per heavy atom. The van der Waals surface area contributed by atoms with Gasteiger partial charge in [0.15, 0.2) is 5.69 Å². The van der Waals surface area contributed by atoms with E-state index in [1.807, 2.05) is 54.7 Å². The molecule has 0 saturated carbocycles. The Labute approximate surface area is 116 Å². The highest BCUT2D eigenvalue weighted by Crippen LogP contribution is 2.28. The van der Waals surface area contributed by atoms with Crippen LogP contribution in [0.25, 0.3) is 16.6 Å². The molecule has 0 aliphatic carbocycles. The lowest BCUT2D eigenvalue weighted by atomic mass is 10.0. The highest BCUT2D eigenvalue weighted by atomic mass is 16.5. The molecule has 0 aliphatic rings. The summed E-state index contributed by atoms with van der Waals surface area (Å²) in [4.78, 5) is 12.1. The van der Waals surface area contributed by atoms with Gasteiger partial charge in [-0.3, -0.25) is 0 Å². The molecule has 0 bridgehead atoms. The second-order valence-electron chi connectivity index (χ2n) is 4.34. The summed E-state index contributed by atoms with van der Waals surface area (Å²) >= 11 is 0. The third-order valence-corrected chi connectivity index (χ3v) is 3.07. The van der Waals surface area contributed by atoms with E-state index < -0.39 is 5.97 Å². The molecular weight excluding hydrogens is 252 g/mol. The molecule has 2 heterocycles. The quantitative estimate of drug-likeness (QED) is 0.684. The topological polar surface area (TPSA) is 43.6 Å². The van der Waals surface area contributed by atoms with Crippen LogP contribution in [0.15, 0.2) is 54.7 Å². The van der Waals surface area contributed by atoms with Gasteiger partial charge in [-0.25, -0.2) is 9.31 Å². The summed E-state index contributed by atoms with van der Waals surface area (Å²) in [6.45, 7) is 2.12. The monoisotopic (exact) mass is 266 g/mol. The van der Waals surface area contributed by atoms with Crippen LogP contribution in [0.1, 0.15) is 17.4 Å². The summed E-state index contributed by atoms with van der Waals surface area (Å²) < 4.78 is 6.81. The zero-order valence-corrected chi connectivity index (χ0v) is 11.1. The van der Waals surface area contributed by atoms with Gasteiger partial charge in [0.1, 0.15) is 0 Å². The van der Waals surface area contributed by atoms with Crippen molar-refractivity contribution < 1.29 is 9.53 Å². The van der Waals surface area contributed by atoms with E-state index >= 15 is 0 Å². The smallest absolute Gasteiger partial charge is 0.359 e. The van der Waals surface area contributed by atoms with Gasteiger partial charge in [0.25, 0.3) is 0 Å². The van der Waals surface area contributed by atoms with Crippen molar-refractivity contribution in [2.75, 3.05) is 6.61 Å². The van der Waals surface area contributed by atoms with Gasteiger partial charge < -0.3 is 4.74 Å². The number of nitrogens with zero attached hydrogens (tertiary/aromatic N) is 2. The lowest BCUT2D eigenvalue weighted by Crippen LogP contribution is -2.06. The highest BCUT2D eigenvalue weighted by molar-refractivity contribution is 6.00. The Balaban J connectivity index is 2.26. The predicted molar refractivity (Wildman–Crippen MR) is 76.6 cm³/mol. The largest absolute Gasteiger partial charge is 0.461 e. The summed E-state index contributed by atoms with van der Waals surface area (Å²) in [5.74, 6) is -0.393. The van der Waals surface area contributed by atoms with Crippen LogP contribution in [0.2, 0.25) is 0 Å². The number of hydrogen-bond acceptors (Lipinski definition) is 3. The van der Waals surface area contributed by atoms with Crippen molar-refractivity contribution in [2.24, 2.45) is 0 Å². The number of rotatable bonds is 3. The number of pyridine rings is 1. The molecule has 0 unspecified atom stereocenters. The first-order chi connectivity index (χ1) is 9.81. The number of benzene rings is 1. The molecule has 0 amide bonds. The van der Waals surface area contributed by atoms with Gasteiger partial charge in [-0.05, 0) is 24.6 Å². The van der Waals surface area contributed by atoms with E-state index in [2.05, 4.69) is 5.10 Å². The van der Waals surface area contributed by atoms with E-state index in [0.29, 0.717) is 12.3 Å². The fourth-order valence-electron chi connectivity index (χ4n) is 2.23. The molecule has 100 valence electrons. The number of carbonyl (C=O) groups is 1. The van der Waals surface area contributed by atoms with E-state index in [-0.39, 0.29) is 0 Å². The first-order valence-electron chi connectivity index (χ1n) is 6.51. The minimum absolute atomic E-state index is 0.334. The van der Waals surface area contributed by atoms with E-state index in [9.17, 15) is 4.79 Å². The van der Waals surface area contributed by atoms with Gasteiger partial charge >= 0.3 is 5.97 Å². The Hall–Kier alpha value is -2.62.